The van der Waals surface area contributed by atoms with Crippen LogP contribution in [0.25, 0.3) is 21.8 Å². The molecule has 0 aliphatic rings. The number of nitrogens with zero attached hydrogens (tertiary/aromatic N) is 8. The van der Waals surface area contributed by atoms with Gasteiger partial charge >= 0.3 is 11.9 Å². The van der Waals surface area contributed by atoms with E-state index < -0.39 is 22.0 Å². The van der Waals surface area contributed by atoms with Gasteiger partial charge in [-0.15, -0.1) is 0 Å². The van der Waals surface area contributed by atoms with E-state index in [1.54, 1.807) is 38.1 Å². The topological polar surface area (TPSA) is 248 Å². The number of nitrogen functional groups attached to an aromatic ring is 1. The van der Waals surface area contributed by atoms with Gasteiger partial charge in [0.25, 0.3) is 0 Å². The number of ether oxygens (including phenoxy) is 2. The van der Waals surface area contributed by atoms with Gasteiger partial charge in [0.05, 0.1) is 53.1 Å². The van der Waals surface area contributed by atoms with Crippen molar-refractivity contribution in [1.82, 2.24) is 29.5 Å². The van der Waals surface area contributed by atoms with Crippen molar-refractivity contribution in [2.24, 2.45) is 5.14 Å². The lowest BCUT2D eigenvalue weighted by Gasteiger charge is -2.09. The molecule has 0 saturated heterocycles. The molecule has 0 fully saturated rings. The minimum absolute atomic E-state index is 0.0249. The summed E-state index contributed by atoms with van der Waals surface area (Å²) in [6.45, 7) is 4.15. The number of hydrogen-bond donors (Lipinski definition) is 2. The Morgan fingerprint density at radius 1 is 0.774 bits per heavy atom. The molecule has 0 radical (unpaired) electrons. The number of benzene rings is 2. The molecule has 270 valence electrons. The van der Waals surface area contributed by atoms with Crippen molar-refractivity contribution in [3.63, 3.8) is 0 Å². The van der Waals surface area contributed by atoms with E-state index in [9.17, 15) is 23.3 Å². The van der Waals surface area contributed by atoms with E-state index in [2.05, 4.69) is 20.2 Å². The smallest absolute Gasteiger partial charge is 0.342 e. The Hall–Kier alpha value is -6.11. The lowest BCUT2D eigenvalue weighted by Crippen LogP contribution is -2.14. The zero-order chi connectivity index (χ0) is 38.4. The van der Waals surface area contributed by atoms with Crippen molar-refractivity contribution in [3.8, 4) is 12.1 Å². The van der Waals surface area contributed by atoms with Gasteiger partial charge in [-0.1, -0.05) is 23.2 Å². The van der Waals surface area contributed by atoms with E-state index in [1.807, 2.05) is 18.2 Å². The van der Waals surface area contributed by atoms with Gasteiger partial charge in [0.2, 0.25) is 10.0 Å². The Balaban J connectivity index is 0.000000206. The number of primary sulfonamides is 1. The third-order valence-corrected chi connectivity index (χ3v) is 8.67. The van der Waals surface area contributed by atoms with Crippen LogP contribution in [-0.4, -0.2) is 63.1 Å². The van der Waals surface area contributed by atoms with Crippen LogP contribution in [0.5, 0.6) is 0 Å². The van der Waals surface area contributed by atoms with E-state index in [0.717, 1.165) is 10.9 Å². The van der Waals surface area contributed by atoms with Crippen molar-refractivity contribution < 1.29 is 27.5 Å². The molecule has 0 aliphatic carbocycles. The number of pyridine rings is 2. The van der Waals surface area contributed by atoms with Gasteiger partial charge in [0.1, 0.15) is 28.2 Å². The highest BCUT2D eigenvalue weighted by Gasteiger charge is 2.20. The molecule has 0 spiro atoms. The van der Waals surface area contributed by atoms with Crippen LogP contribution in [0.1, 0.15) is 57.1 Å². The number of hydrogen-bond acceptors (Lipinski definition) is 13. The van der Waals surface area contributed by atoms with E-state index in [-0.39, 0.29) is 52.7 Å². The molecule has 0 aliphatic heterocycles. The maximum Gasteiger partial charge on any atom is 0.342 e. The van der Waals surface area contributed by atoms with Crippen LogP contribution in [0.2, 0.25) is 10.0 Å². The summed E-state index contributed by atoms with van der Waals surface area (Å²) in [6.07, 6.45) is 5.73. The number of anilines is 1. The molecule has 2 aromatic carbocycles. The second kappa shape index (κ2) is 16.1. The Bertz CT molecular complexity index is 2590. The number of rotatable bonds is 9. The Morgan fingerprint density at radius 2 is 1.23 bits per heavy atom. The highest BCUT2D eigenvalue weighted by molar-refractivity contribution is 7.89. The number of carbonyl (C=O) groups is 2. The Morgan fingerprint density at radius 3 is 1.68 bits per heavy atom. The Kier molecular flexibility index (Phi) is 11.6. The third-order valence-electron chi connectivity index (χ3n) is 7.34. The van der Waals surface area contributed by atoms with Crippen LogP contribution >= 0.6 is 23.2 Å². The molecule has 19 heteroatoms. The fourth-order valence-electron chi connectivity index (χ4n) is 5.22. The molecule has 6 rings (SSSR count). The first-order valence-corrected chi connectivity index (χ1v) is 17.8. The zero-order valence-electron chi connectivity index (χ0n) is 27.9. The van der Waals surface area contributed by atoms with E-state index in [4.69, 9.17) is 48.8 Å². The number of aromatic nitrogens is 6. The van der Waals surface area contributed by atoms with E-state index in [0.29, 0.717) is 38.7 Å². The van der Waals surface area contributed by atoms with Crippen molar-refractivity contribution in [2.75, 3.05) is 18.9 Å². The molecule has 16 nitrogen and oxygen atoms in total. The molecule has 6 aromatic rings. The van der Waals surface area contributed by atoms with Crippen LogP contribution < -0.4 is 10.9 Å². The normalized spacial score (nSPS) is 11.0. The van der Waals surface area contributed by atoms with Crippen LogP contribution in [0.4, 0.5) is 5.69 Å². The van der Waals surface area contributed by atoms with Crippen molar-refractivity contribution >= 4 is 72.7 Å². The van der Waals surface area contributed by atoms with Crippen LogP contribution in [0.15, 0.2) is 66.1 Å². The van der Waals surface area contributed by atoms with Gasteiger partial charge in [-0.3, -0.25) is 19.3 Å². The molecule has 53 heavy (non-hydrogen) atoms. The summed E-state index contributed by atoms with van der Waals surface area (Å²) in [7, 11) is -4.05. The molecule has 4 heterocycles. The predicted molar refractivity (Wildman–Crippen MR) is 193 cm³/mol. The number of fused-ring (bicyclic) bond motifs is 2. The lowest BCUT2D eigenvalue weighted by atomic mass is 10.1. The largest absolute Gasteiger partial charge is 0.462 e. The summed E-state index contributed by atoms with van der Waals surface area (Å²) in [5.74, 6) is -1.23. The highest BCUT2D eigenvalue weighted by Crippen LogP contribution is 2.27. The van der Waals surface area contributed by atoms with Gasteiger partial charge < -0.3 is 15.2 Å². The van der Waals surface area contributed by atoms with E-state index in [1.165, 1.54) is 40.2 Å². The summed E-state index contributed by atoms with van der Waals surface area (Å²) in [5.41, 5.74) is 8.89. The molecule has 4 N–H and O–H groups in total. The van der Waals surface area contributed by atoms with Crippen LogP contribution in [0.3, 0.4) is 0 Å². The summed E-state index contributed by atoms with van der Waals surface area (Å²) in [4.78, 5) is 31.9. The van der Waals surface area contributed by atoms with Crippen LogP contribution in [0, 0.1) is 22.7 Å². The Labute approximate surface area is 312 Å². The first-order chi connectivity index (χ1) is 25.2. The van der Waals surface area contributed by atoms with Gasteiger partial charge in [-0.25, -0.2) is 23.1 Å². The van der Waals surface area contributed by atoms with Crippen molar-refractivity contribution in [1.29, 1.82) is 10.5 Å². The van der Waals surface area contributed by atoms with Crippen molar-refractivity contribution in [2.45, 2.75) is 31.8 Å². The monoisotopic (exact) mass is 774 g/mol. The van der Waals surface area contributed by atoms with Gasteiger partial charge in [-0.2, -0.15) is 20.7 Å². The maximum atomic E-state index is 12.0. The molecule has 0 atom stereocenters. The first-order valence-electron chi connectivity index (χ1n) is 15.5. The molecule has 0 saturated carbocycles. The van der Waals surface area contributed by atoms with E-state index >= 15 is 0 Å². The third kappa shape index (κ3) is 8.86. The van der Waals surface area contributed by atoms with Gasteiger partial charge in [0, 0.05) is 35.6 Å². The molecular weight excluding hydrogens is 747 g/mol. The number of halogens is 2. The molecule has 0 amide bonds. The summed E-state index contributed by atoms with van der Waals surface area (Å²) in [5, 5.41) is 34.0. The second-order valence-corrected chi connectivity index (χ2v) is 13.5. The lowest BCUT2D eigenvalue weighted by molar-refractivity contribution is 0.0516. The average Bonchev–Trinajstić information content (AvgIpc) is 3.71. The maximum absolute atomic E-state index is 12.0. The molecular formula is C34H28Cl2N10O6S. The number of esters is 2. The minimum Gasteiger partial charge on any atom is -0.462 e. The SMILES string of the molecule is CCOC(=O)c1cn(Cc2cc(N)c3ncc(Cl)cc3c2)nc1C#N.CCOC(=O)c1cn(Cc2cc(S(N)(=O)=O)c3ncc(Cl)cc3c2)nc1C#N. The summed E-state index contributed by atoms with van der Waals surface area (Å²) < 4.78 is 36.7. The fraction of sp³-hybridized carbons (Fsp3) is 0.176. The predicted octanol–water partition coefficient (Wildman–Crippen LogP) is 4.59. The number of nitriles is 2. The first kappa shape index (κ1) is 38.1. The van der Waals surface area contributed by atoms with Gasteiger partial charge in [-0.05, 0) is 61.4 Å². The number of sulfonamides is 1. The molecule has 0 unspecified atom stereocenters. The van der Waals surface area contributed by atoms with Crippen LogP contribution in [-0.2, 0) is 32.6 Å². The minimum atomic E-state index is -4.05. The zero-order valence-corrected chi connectivity index (χ0v) is 30.3. The van der Waals surface area contributed by atoms with Gasteiger partial charge in [0.15, 0.2) is 11.4 Å². The highest BCUT2D eigenvalue weighted by atomic mass is 35.5. The number of carbonyl (C=O) groups excluding carboxylic acids is 2. The fourth-order valence-corrected chi connectivity index (χ4v) is 6.31. The quantitative estimate of drug-likeness (QED) is 0.151. The average molecular weight is 776 g/mol. The summed E-state index contributed by atoms with van der Waals surface area (Å²) >= 11 is 11.9. The molecule has 4 aromatic heterocycles. The molecule has 0 bridgehead atoms. The second-order valence-electron chi connectivity index (χ2n) is 11.1. The summed E-state index contributed by atoms with van der Waals surface area (Å²) in [6, 6.07) is 13.8. The van der Waals surface area contributed by atoms with Crippen molar-refractivity contribution in [3.05, 3.63) is 105 Å². The number of nitrogens with two attached hydrogens (primary N) is 2. The standard InChI is InChI=1S/C17H14ClN5O4S.C17H14ClN5O2/c1-2-27-17(24)13-9-23(22-14(13)6-19)8-10-3-11-5-12(18)7-21-16(11)15(4-10)28(20,25)26;1-2-25-17(24)13-9-23(22-15(13)6-19)8-10-3-11-5-12(18)7-21-16(11)14(20)4-10/h3-5,7,9H,2,8H2,1H3,(H2,20,25,26);3-5,7,9H,2,8,20H2,1H3.